The molecule has 1 fully saturated rings. The molecule has 126 valence electrons. The molecule has 1 heterocycles. The fraction of sp³-hybridized carbons (Fsp3) is 0.294. The maximum atomic E-state index is 13.9. The third-order valence-corrected chi connectivity index (χ3v) is 4.87. The SMILES string of the molecule is CCOC(=O)c1c(C2CC2)csc1NC(=O)c1ccc(Cl)cc1F. The number of ether oxygens (including phenoxy) is 1. The number of amides is 1. The van der Waals surface area contributed by atoms with E-state index in [2.05, 4.69) is 5.32 Å². The minimum absolute atomic E-state index is 0.129. The van der Waals surface area contributed by atoms with E-state index in [9.17, 15) is 14.0 Å². The summed E-state index contributed by atoms with van der Waals surface area (Å²) in [5.41, 5.74) is 1.15. The first-order chi connectivity index (χ1) is 11.5. The van der Waals surface area contributed by atoms with Gasteiger partial charge >= 0.3 is 5.97 Å². The monoisotopic (exact) mass is 367 g/mol. The number of anilines is 1. The Morgan fingerprint density at radius 1 is 1.42 bits per heavy atom. The van der Waals surface area contributed by atoms with Gasteiger partial charge in [-0.25, -0.2) is 9.18 Å². The first-order valence-electron chi connectivity index (χ1n) is 7.56. The van der Waals surface area contributed by atoms with Crippen molar-refractivity contribution in [1.29, 1.82) is 0 Å². The van der Waals surface area contributed by atoms with Gasteiger partial charge in [-0.3, -0.25) is 4.79 Å². The van der Waals surface area contributed by atoms with E-state index in [4.69, 9.17) is 16.3 Å². The highest BCUT2D eigenvalue weighted by Gasteiger charge is 2.32. The van der Waals surface area contributed by atoms with Crippen molar-refractivity contribution in [3.05, 3.63) is 51.1 Å². The highest BCUT2D eigenvalue weighted by Crippen LogP contribution is 2.46. The molecule has 7 heteroatoms. The number of nitrogens with one attached hydrogen (secondary N) is 1. The number of esters is 1. The largest absolute Gasteiger partial charge is 0.462 e. The molecule has 0 aliphatic heterocycles. The smallest absolute Gasteiger partial charge is 0.341 e. The summed E-state index contributed by atoms with van der Waals surface area (Å²) in [5, 5.41) is 5.08. The van der Waals surface area contributed by atoms with Crippen LogP contribution in [0, 0.1) is 5.82 Å². The van der Waals surface area contributed by atoms with Crippen LogP contribution in [0.25, 0.3) is 0 Å². The normalized spacial score (nSPS) is 13.6. The van der Waals surface area contributed by atoms with E-state index in [0.29, 0.717) is 16.5 Å². The first kappa shape index (κ1) is 16.9. The molecule has 1 aromatic heterocycles. The summed E-state index contributed by atoms with van der Waals surface area (Å²) < 4.78 is 19.0. The lowest BCUT2D eigenvalue weighted by atomic mass is 10.1. The zero-order valence-corrected chi connectivity index (χ0v) is 14.5. The molecule has 2 aromatic rings. The number of benzene rings is 1. The third-order valence-electron chi connectivity index (χ3n) is 3.72. The Morgan fingerprint density at radius 2 is 2.17 bits per heavy atom. The predicted molar refractivity (Wildman–Crippen MR) is 91.6 cm³/mol. The molecular formula is C17H15ClFNO3S. The van der Waals surface area contributed by atoms with E-state index >= 15 is 0 Å². The summed E-state index contributed by atoms with van der Waals surface area (Å²) in [4.78, 5) is 24.6. The Morgan fingerprint density at radius 3 is 2.79 bits per heavy atom. The predicted octanol–water partition coefficient (Wildman–Crippen LogP) is 4.85. The number of carbonyl (C=O) groups excluding carboxylic acids is 2. The molecule has 0 unspecified atom stereocenters. The molecule has 1 aliphatic rings. The van der Waals surface area contributed by atoms with E-state index < -0.39 is 17.7 Å². The Balaban J connectivity index is 1.89. The molecule has 0 spiro atoms. The van der Waals surface area contributed by atoms with E-state index in [1.165, 1.54) is 23.5 Å². The van der Waals surface area contributed by atoms with Gasteiger partial charge in [0.15, 0.2) is 0 Å². The Labute approximate surface area is 147 Å². The molecule has 1 aliphatic carbocycles. The van der Waals surface area contributed by atoms with Gasteiger partial charge in [0.2, 0.25) is 0 Å². The number of hydrogen-bond donors (Lipinski definition) is 1. The second-order valence-corrected chi connectivity index (χ2v) is 6.78. The summed E-state index contributed by atoms with van der Waals surface area (Å²) in [7, 11) is 0. The third kappa shape index (κ3) is 3.44. The summed E-state index contributed by atoms with van der Waals surface area (Å²) >= 11 is 6.95. The van der Waals surface area contributed by atoms with Gasteiger partial charge in [-0.1, -0.05) is 11.6 Å². The minimum Gasteiger partial charge on any atom is -0.462 e. The molecule has 0 atom stereocenters. The molecule has 4 nitrogen and oxygen atoms in total. The van der Waals surface area contributed by atoms with Crippen LogP contribution < -0.4 is 5.32 Å². The van der Waals surface area contributed by atoms with Crippen LogP contribution in [0.1, 0.15) is 52.0 Å². The van der Waals surface area contributed by atoms with Crippen LogP contribution in [0.5, 0.6) is 0 Å². The van der Waals surface area contributed by atoms with Crippen molar-refractivity contribution in [3.8, 4) is 0 Å². The molecule has 0 saturated heterocycles. The summed E-state index contributed by atoms with van der Waals surface area (Å²) in [6.07, 6.45) is 2.03. The second-order valence-electron chi connectivity index (χ2n) is 5.47. The highest BCUT2D eigenvalue weighted by atomic mass is 35.5. The fourth-order valence-corrected chi connectivity index (χ4v) is 3.60. The average Bonchev–Trinajstić information content (AvgIpc) is 3.28. The Kier molecular flexibility index (Phi) is 4.87. The van der Waals surface area contributed by atoms with Crippen LogP contribution in [0.2, 0.25) is 5.02 Å². The van der Waals surface area contributed by atoms with Crippen molar-refractivity contribution in [1.82, 2.24) is 0 Å². The van der Waals surface area contributed by atoms with E-state index in [0.717, 1.165) is 24.5 Å². The maximum Gasteiger partial charge on any atom is 0.341 e. The highest BCUT2D eigenvalue weighted by molar-refractivity contribution is 7.15. The summed E-state index contributed by atoms with van der Waals surface area (Å²) in [6, 6.07) is 3.83. The quantitative estimate of drug-likeness (QED) is 0.769. The lowest BCUT2D eigenvalue weighted by molar-refractivity contribution is 0.0527. The van der Waals surface area contributed by atoms with E-state index in [-0.39, 0.29) is 17.2 Å². The molecule has 1 amide bonds. The van der Waals surface area contributed by atoms with E-state index in [1.807, 2.05) is 5.38 Å². The van der Waals surface area contributed by atoms with Crippen molar-refractivity contribution in [3.63, 3.8) is 0 Å². The molecular weight excluding hydrogens is 353 g/mol. The molecule has 0 bridgehead atoms. The lowest BCUT2D eigenvalue weighted by Crippen LogP contribution is -2.16. The molecule has 24 heavy (non-hydrogen) atoms. The van der Waals surface area contributed by atoms with Gasteiger partial charge in [-0.15, -0.1) is 11.3 Å². The molecule has 3 rings (SSSR count). The molecule has 0 radical (unpaired) electrons. The van der Waals surface area contributed by atoms with Crippen LogP contribution in [-0.2, 0) is 4.74 Å². The number of hydrogen-bond acceptors (Lipinski definition) is 4. The zero-order chi connectivity index (χ0) is 17.3. The van der Waals surface area contributed by atoms with Crippen molar-refractivity contribution >= 4 is 39.8 Å². The average molecular weight is 368 g/mol. The molecule has 1 N–H and O–H groups in total. The number of rotatable bonds is 5. The van der Waals surface area contributed by atoms with E-state index in [1.54, 1.807) is 6.92 Å². The van der Waals surface area contributed by atoms with Crippen molar-refractivity contribution in [2.24, 2.45) is 0 Å². The van der Waals surface area contributed by atoms with Crippen LogP contribution >= 0.6 is 22.9 Å². The van der Waals surface area contributed by atoms with Crippen molar-refractivity contribution < 1.29 is 18.7 Å². The van der Waals surface area contributed by atoms with Gasteiger partial charge in [0.1, 0.15) is 10.8 Å². The number of thiophene rings is 1. The number of carbonyl (C=O) groups is 2. The minimum atomic E-state index is -0.711. The van der Waals surface area contributed by atoms with Crippen LogP contribution in [0.4, 0.5) is 9.39 Å². The lowest BCUT2D eigenvalue weighted by Gasteiger charge is -2.09. The van der Waals surface area contributed by atoms with Gasteiger partial charge in [-0.2, -0.15) is 0 Å². The van der Waals surface area contributed by atoms with Crippen molar-refractivity contribution in [2.75, 3.05) is 11.9 Å². The van der Waals surface area contributed by atoms with Gasteiger partial charge < -0.3 is 10.1 Å². The van der Waals surface area contributed by atoms with Gasteiger partial charge in [0, 0.05) is 5.02 Å². The zero-order valence-electron chi connectivity index (χ0n) is 12.9. The van der Waals surface area contributed by atoms with Crippen LogP contribution in [0.15, 0.2) is 23.6 Å². The standard InChI is InChI=1S/C17H15ClFNO3S/c1-2-23-17(22)14-12(9-3-4-9)8-24-16(14)20-15(21)11-6-5-10(18)7-13(11)19/h5-9H,2-4H2,1H3,(H,20,21). The van der Waals surface area contributed by atoms with Crippen LogP contribution in [-0.4, -0.2) is 18.5 Å². The van der Waals surface area contributed by atoms with Gasteiger partial charge in [0.05, 0.1) is 17.7 Å². The van der Waals surface area contributed by atoms with Gasteiger partial charge in [-0.05, 0) is 54.8 Å². The van der Waals surface area contributed by atoms with Gasteiger partial charge in [0.25, 0.3) is 5.91 Å². The summed E-state index contributed by atoms with van der Waals surface area (Å²) in [6.45, 7) is 1.97. The number of halogens is 2. The fourth-order valence-electron chi connectivity index (χ4n) is 2.42. The Hall–Kier alpha value is -1.92. The molecule has 1 aromatic carbocycles. The second kappa shape index (κ2) is 6.91. The topological polar surface area (TPSA) is 55.4 Å². The van der Waals surface area contributed by atoms with Crippen LogP contribution in [0.3, 0.4) is 0 Å². The maximum absolute atomic E-state index is 13.9. The first-order valence-corrected chi connectivity index (χ1v) is 8.82. The summed E-state index contributed by atoms with van der Waals surface area (Å²) in [5.74, 6) is -1.47. The Bertz CT molecular complexity index is 801. The molecule has 1 saturated carbocycles. The van der Waals surface area contributed by atoms with Crippen molar-refractivity contribution in [2.45, 2.75) is 25.7 Å².